The van der Waals surface area contributed by atoms with E-state index in [2.05, 4.69) is 20.0 Å². The molecule has 2 aliphatic heterocycles. The quantitative estimate of drug-likeness (QED) is 0.832. The van der Waals surface area contributed by atoms with Crippen molar-refractivity contribution in [2.24, 2.45) is 5.92 Å². The second kappa shape index (κ2) is 6.16. The van der Waals surface area contributed by atoms with Crippen molar-refractivity contribution in [3.8, 4) is 0 Å². The summed E-state index contributed by atoms with van der Waals surface area (Å²) in [5, 5.41) is 3.23. The number of hydrogen-bond donors (Lipinski definition) is 1. The Morgan fingerprint density at radius 3 is 2.95 bits per heavy atom. The molecule has 124 valence electrons. The van der Waals surface area contributed by atoms with Gasteiger partial charge in [0, 0.05) is 37.3 Å². The van der Waals surface area contributed by atoms with E-state index in [0.29, 0.717) is 12.5 Å². The van der Waals surface area contributed by atoms with Crippen LogP contribution < -0.4 is 4.72 Å². The second-order valence-corrected chi connectivity index (χ2v) is 9.16. The van der Waals surface area contributed by atoms with Gasteiger partial charge in [-0.3, -0.25) is 4.90 Å². The lowest BCUT2D eigenvalue weighted by Crippen LogP contribution is -2.64. The number of sulfonamides is 1. The van der Waals surface area contributed by atoms with E-state index in [4.69, 9.17) is 4.74 Å². The maximum Gasteiger partial charge on any atom is 0.208 e. The van der Waals surface area contributed by atoms with Crippen molar-refractivity contribution in [2.45, 2.75) is 31.9 Å². The van der Waals surface area contributed by atoms with Crippen LogP contribution in [0.25, 0.3) is 0 Å². The van der Waals surface area contributed by atoms with E-state index in [0.717, 1.165) is 49.8 Å². The molecule has 1 aromatic heterocycles. The number of nitrogens with zero attached hydrogens (tertiary/aromatic N) is 2. The summed E-state index contributed by atoms with van der Waals surface area (Å²) in [7, 11) is -3.10. The van der Waals surface area contributed by atoms with Crippen molar-refractivity contribution in [3.63, 3.8) is 0 Å². The van der Waals surface area contributed by atoms with E-state index in [1.54, 1.807) is 11.3 Å². The van der Waals surface area contributed by atoms with Crippen LogP contribution in [-0.4, -0.2) is 56.4 Å². The van der Waals surface area contributed by atoms with Gasteiger partial charge < -0.3 is 4.74 Å². The molecule has 2 aliphatic rings. The molecule has 0 aromatic carbocycles. The zero-order valence-corrected chi connectivity index (χ0v) is 14.7. The standard InChI is InChI=1S/C14H23N3O3S2/c1-11-8-21-13(16-11)7-17-9-14(10-17)12(4-6-20-14)3-5-15-22(2,18)19/h8,12,15H,3-7,9-10H2,1-2H3. The summed E-state index contributed by atoms with van der Waals surface area (Å²) in [6.07, 6.45) is 3.07. The minimum Gasteiger partial charge on any atom is -0.372 e. The molecule has 8 heteroatoms. The molecule has 1 N–H and O–H groups in total. The van der Waals surface area contributed by atoms with Crippen LogP contribution in [0.2, 0.25) is 0 Å². The Morgan fingerprint density at radius 1 is 1.55 bits per heavy atom. The van der Waals surface area contributed by atoms with Gasteiger partial charge in [0.05, 0.1) is 18.4 Å². The SMILES string of the molecule is Cc1csc(CN2CC3(C2)OCCC3CCNS(C)(=O)=O)n1. The Hall–Kier alpha value is -0.540. The normalized spacial score (nSPS) is 24.7. The van der Waals surface area contributed by atoms with Gasteiger partial charge in [-0.1, -0.05) is 0 Å². The highest BCUT2D eigenvalue weighted by Crippen LogP contribution is 2.42. The summed E-state index contributed by atoms with van der Waals surface area (Å²) in [5.41, 5.74) is 1.02. The summed E-state index contributed by atoms with van der Waals surface area (Å²) in [5.74, 6) is 0.441. The van der Waals surface area contributed by atoms with Gasteiger partial charge in [-0.2, -0.15) is 0 Å². The van der Waals surface area contributed by atoms with Gasteiger partial charge in [0.2, 0.25) is 10.0 Å². The zero-order chi connectivity index (χ0) is 15.8. The fourth-order valence-electron chi connectivity index (χ4n) is 3.45. The van der Waals surface area contributed by atoms with Gasteiger partial charge in [-0.05, 0) is 25.7 Å². The molecule has 0 aliphatic carbocycles. The number of aryl methyl sites for hydroxylation is 1. The second-order valence-electron chi connectivity index (χ2n) is 6.38. The van der Waals surface area contributed by atoms with Crippen LogP contribution in [0, 0.1) is 12.8 Å². The van der Waals surface area contributed by atoms with Gasteiger partial charge in [-0.15, -0.1) is 11.3 Å². The Labute approximate surface area is 135 Å². The summed E-state index contributed by atoms with van der Waals surface area (Å²) < 4.78 is 30.9. The van der Waals surface area contributed by atoms with E-state index in [1.165, 1.54) is 6.26 Å². The molecule has 0 amide bonds. The van der Waals surface area contributed by atoms with Crippen LogP contribution in [0.1, 0.15) is 23.5 Å². The number of aromatic nitrogens is 1. The first kappa shape index (κ1) is 16.3. The van der Waals surface area contributed by atoms with Crippen molar-refractivity contribution < 1.29 is 13.2 Å². The van der Waals surface area contributed by atoms with Crippen molar-refractivity contribution in [1.29, 1.82) is 0 Å². The highest BCUT2D eigenvalue weighted by molar-refractivity contribution is 7.88. The van der Waals surface area contributed by atoms with Gasteiger partial charge in [0.1, 0.15) is 5.01 Å². The van der Waals surface area contributed by atoms with Crippen LogP contribution in [0.4, 0.5) is 0 Å². The summed E-state index contributed by atoms with van der Waals surface area (Å²) in [6, 6.07) is 0. The predicted octanol–water partition coefficient (Wildman–Crippen LogP) is 0.982. The van der Waals surface area contributed by atoms with E-state index in [9.17, 15) is 8.42 Å². The molecule has 3 heterocycles. The lowest BCUT2D eigenvalue weighted by Gasteiger charge is -2.50. The average molecular weight is 345 g/mol. The highest BCUT2D eigenvalue weighted by atomic mass is 32.2. The third-order valence-electron chi connectivity index (χ3n) is 4.46. The predicted molar refractivity (Wildman–Crippen MR) is 86.4 cm³/mol. The van der Waals surface area contributed by atoms with E-state index in [-0.39, 0.29) is 5.60 Å². The molecule has 6 nitrogen and oxygen atoms in total. The molecule has 22 heavy (non-hydrogen) atoms. The van der Waals surface area contributed by atoms with Crippen LogP contribution in [-0.2, 0) is 21.3 Å². The van der Waals surface area contributed by atoms with Crippen molar-refractivity contribution in [1.82, 2.24) is 14.6 Å². The largest absolute Gasteiger partial charge is 0.372 e. The first-order valence-corrected chi connectivity index (χ1v) is 10.4. The first-order chi connectivity index (χ1) is 10.4. The van der Waals surface area contributed by atoms with Gasteiger partial charge in [0.15, 0.2) is 0 Å². The summed E-state index contributed by atoms with van der Waals surface area (Å²) >= 11 is 1.71. The topological polar surface area (TPSA) is 71.5 Å². The van der Waals surface area contributed by atoms with Gasteiger partial charge in [-0.25, -0.2) is 18.1 Å². The zero-order valence-electron chi connectivity index (χ0n) is 13.0. The molecule has 3 rings (SSSR count). The molecule has 2 saturated heterocycles. The van der Waals surface area contributed by atoms with Crippen LogP contribution >= 0.6 is 11.3 Å². The maximum absolute atomic E-state index is 11.2. The fraction of sp³-hybridized carbons (Fsp3) is 0.786. The number of ether oxygens (including phenoxy) is 1. The molecule has 0 bridgehead atoms. The molecule has 1 atom stereocenters. The molecule has 0 radical (unpaired) electrons. The number of nitrogens with one attached hydrogen (secondary N) is 1. The molecule has 1 unspecified atom stereocenters. The Balaban J connectivity index is 1.49. The third-order valence-corrected chi connectivity index (χ3v) is 6.14. The van der Waals surface area contributed by atoms with Crippen LogP contribution in [0.3, 0.4) is 0 Å². The van der Waals surface area contributed by atoms with Crippen LogP contribution in [0.5, 0.6) is 0 Å². The van der Waals surface area contributed by atoms with Gasteiger partial charge in [0.25, 0.3) is 0 Å². The Bertz CT molecular complexity index is 623. The average Bonchev–Trinajstić information content (AvgIpc) is 2.95. The maximum atomic E-state index is 11.2. The number of hydrogen-bond acceptors (Lipinski definition) is 6. The smallest absolute Gasteiger partial charge is 0.208 e. The Morgan fingerprint density at radius 2 is 2.32 bits per heavy atom. The third kappa shape index (κ3) is 3.68. The lowest BCUT2D eigenvalue weighted by molar-refractivity contribution is -0.136. The molecule has 2 fully saturated rings. The number of thiazole rings is 1. The van der Waals surface area contributed by atoms with Gasteiger partial charge >= 0.3 is 0 Å². The number of rotatable bonds is 6. The summed E-state index contributed by atoms with van der Waals surface area (Å²) in [4.78, 5) is 6.86. The van der Waals surface area contributed by atoms with E-state index >= 15 is 0 Å². The number of likely N-dealkylation sites (tertiary alicyclic amines) is 1. The monoisotopic (exact) mass is 345 g/mol. The summed E-state index contributed by atoms with van der Waals surface area (Å²) in [6.45, 7) is 6.04. The Kier molecular flexibility index (Phi) is 4.57. The lowest BCUT2D eigenvalue weighted by atomic mass is 9.79. The molecular formula is C14H23N3O3S2. The first-order valence-electron chi connectivity index (χ1n) is 7.58. The minimum atomic E-state index is -3.10. The molecule has 0 saturated carbocycles. The van der Waals surface area contributed by atoms with Crippen molar-refractivity contribution >= 4 is 21.4 Å². The minimum absolute atomic E-state index is 0.0640. The molecular weight excluding hydrogens is 322 g/mol. The highest BCUT2D eigenvalue weighted by Gasteiger charge is 2.52. The van der Waals surface area contributed by atoms with E-state index in [1.807, 2.05) is 6.92 Å². The van der Waals surface area contributed by atoms with Crippen LogP contribution in [0.15, 0.2) is 5.38 Å². The fourth-order valence-corrected chi connectivity index (χ4v) is 4.75. The van der Waals surface area contributed by atoms with Crippen molar-refractivity contribution in [3.05, 3.63) is 16.1 Å². The van der Waals surface area contributed by atoms with E-state index < -0.39 is 10.0 Å². The van der Waals surface area contributed by atoms with Crippen molar-refractivity contribution in [2.75, 3.05) is 32.5 Å². The molecule has 1 aromatic rings. The molecule has 1 spiro atoms.